The zero-order valence-electron chi connectivity index (χ0n) is 13.0. The molecule has 1 saturated heterocycles. The third-order valence-corrected chi connectivity index (χ3v) is 7.15. The van der Waals surface area contributed by atoms with E-state index in [1.54, 1.807) is 12.7 Å². The molecule has 0 bridgehead atoms. The van der Waals surface area contributed by atoms with E-state index in [2.05, 4.69) is 25.1 Å². The Balaban J connectivity index is 1.51. The molecule has 0 aromatic heterocycles. The van der Waals surface area contributed by atoms with E-state index in [4.69, 9.17) is 9.47 Å². The second kappa shape index (κ2) is 3.84. The lowest BCUT2D eigenvalue weighted by atomic mass is 9.60. The molecule has 21 heavy (non-hydrogen) atoms. The third-order valence-electron chi connectivity index (χ3n) is 7.15. The Morgan fingerprint density at radius 2 is 2.10 bits per heavy atom. The molecule has 3 aliphatic carbocycles. The van der Waals surface area contributed by atoms with Crippen molar-refractivity contribution in [3.05, 3.63) is 29.3 Å². The van der Waals surface area contributed by atoms with E-state index in [-0.39, 0.29) is 11.2 Å². The maximum Gasteiger partial charge on any atom is 0.119 e. The van der Waals surface area contributed by atoms with Gasteiger partial charge in [-0.1, -0.05) is 6.07 Å². The second-order valence-electron chi connectivity index (χ2n) is 7.78. The van der Waals surface area contributed by atoms with Crippen LogP contribution in [0.4, 0.5) is 0 Å². The Bertz CT molecular complexity index is 610. The number of hydrogen-bond acceptors (Lipinski definition) is 2. The Labute approximate surface area is 126 Å². The molecule has 5 rings (SSSR count). The van der Waals surface area contributed by atoms with Gasteiger partial charge in [-0.3, -0.25) is 0 Å². The molecule has 1 aliphatic heterocycles. The van der Waals surface area contributed by atoms with Crippen LogP contribution in [0.2, 0.25) is 0 Å². The summed E-state index contributed by atoms with van der Waals surface area (Å²) in [5.41, 5.74) is 3.65. The minimum Gasteiger partial charge on any atom is -0.497 e. The smallest absolute Gasteiger partial charge is 0.119 e. The molecule has 0 N–H and O–H groups in total. The van der Waals surface area contributed by atoms with Gasteiger partial charge in [0.25, 0.3) is 0 Å². The van der Waals surface area contributed by atoms with Crippen molar-refractivity contribution in [3.8, 4) is 5.75 Å². The number of hydrogen-bond donors (Lipinski definition) is 0. The highest BCUT2D eigenvalue weighted by Crippen LogP contribution is 2.71. The highest BCUT2D eigenvalue weighted by molar-refractivity contribution is 5.41. The molecule has 3 fully saturated rings. The average molecular weight is 284 g/mol. The molecule has 1 aromatic rings. The van der Waals surface area contributed by atoms with Crippen LogP contribution >= 0.6 is 0 Å². The standard InChI is InChI=1S/C19H24O2/c1-18-9-8-17-16-5-3-12-11-13(20-2)4-6-14(12)15(16)7-10-19(17,18)21-18/h4,6,11,15-17H,3,5,7-10H2,1-2H3/t15-,16-,17+,18?,19-/m1/s1. The highest BCUT2D eigenvalue weighted by atomic mass is 16.6. The fraction of sp³-hybridized carbons (Fsp3) is 0.684. The first-order chi connectivity index (χ1) is 10.2. The van der Waals surface area contributed by atoms with Gasteiger partial charge in [0.05, 0.1) is 12.7 Å². The van der Waals surface area contributed by atoms with Crippen molar-refractivity contribution >= 4 is 0 Å². The summed E-state index contributed by atoms with van der Waals surface area (Å²) in [4.78, 5) is 0. The molecule has 0 amide bonds. The zero-order valence-corrected chi connectivity index (χ0v) is 13.0. The molecule has 4 aliphatic rings. The third kappa shape index (κ3) is 1.42. The monoisotopic (exact) mass is 284 g/mol. The number of rotatable bonds is 1. The van der Waals surface area contributed by atoms with Crippen LogP contribution in [-0.4, -0.2) is 18.3 Å². The van der Waals surface area contributed by atoms with Gasteiger partial charge < -0.3 is 9.47 Å². The number of benzene rings is 1. The zero-order chi connectivity index (χ0) is 14.2. The Hall–Kier alpha value is -1.02. The van der Waals surface area contributed by atoms with Crippen LogP contribution < -0.4 is 4.74 Å². The van der Waals surface area contributed by atoms with E-state index in [0.29, 0.717) is 0 Å². The summed E-state index contributed by atoms with van der Waals surface area (Å²) in [6.45, 7) is 2.36. The van der Waals surface area contributed by atoms with Gasteiger partial charge in [-0.25, -0.2) is 0 Å². The number of epoxide rings is 1. The fourth-order valence-electron chi connectivity index (χ4n) is 6.09. The van der Waals surface area contributed by atoms with E-state index >= 15 is 0 Å². The highest BCUT2D eigenvalue weighted by Gasteiger charge is 2.76. The van der Waals surface area contributed by atoms with Gasteiger partial charge in [0.15, 0.2) is 0 Å². The van der Waals surface area contributed by atoms with Crippen LogP contribution in [0.3, 0.4) is 0 Å². The lowest BCUT2D eigenvalue weighted by Gasteiger charge is -2.44. The Morgan fingerprint density at radius 1 is 1.19 bits per heavy atom. The summed E-state index contributed by atoms with van der Waals surface area (Å²) >= 11 is 0. The van der Waals surface area contributed by atoms with E-state index < -0.39 is 0 Å². The Morgan fingerprint density at radius 3 is 2.90 bits per heavy atom. The van der Waals surface area contributed by atoms with Gasteiger partial charge in [-0.05, 0) is 86.5 Å². The van der Waals surface area contributed by atoms with Crippen molar-refractivity contribution in [2.45, 2.75) is 62.6 Å². The maximum atomic E-state index is 6.29. The van der Waals surface area contributed by atoms with E-state index in [1.807, 2.05) is 0 Å². The van der Waals surface area contributed by atoms with Crippen molar-refractivity contribution in [2.75, 3.05) is 7.11 Å². The van der Waals surface area contributed by atoms with Gasteiger partial charge in [0.1, 0.15) is 11.4 Å². The van der Waals surface area contributed by atoms with E-state index in [0.717, 1.165) is 23.5 Å². The largest absolute Gasteiger partial charge is 0.497 e. The van der Waals surface area contributed by atoms with Gasteiger partial charge in [-0.2, -0.15) is 0 Å². The predicted molar refractivity (Wildman–Crippen MR) is 81.7 cm³/mol. The van der Waals surface area contributed by atoms with Crippen LogP contribution in [0.15, 0.2) is 18.2 Å². The van der Waals surface area contributed by atoms with Crippen LogP contribution in [-0.2, 0) is 11.2 Å². The molecule has 2 heteroatoms. The van der Waals surface area contributed by atoms with Crippen molar-refractivity contribution in [2.24, 2.45) is 11.8 Å². The fourth-order valence-corrected chi connectivity index (χ4v) is 6.09. The van der Waals surface area contributed by atoms with Gasteiger partial charge in [0, 0.05) is 0 Å². The first-order valence-corrected chi connectivity index (χ1v) is 8.54. The van der Waals surface area contributed by atoms with Crippen LogP contribution in [0, 0.1) is 11.8 Å². The van der Waals surface area contributed by atoms with Gasteiger partial charge in [0.2, 0.25) is 0 Å². The number of fused-ring (bicyclic) bond motifs is 4. The average Bonchev–Trinajstić information content (AvgIpc) is 2.99. The van der Waals surface area contributed by atoms with Gasteiger partial charge in [-0.15, -0.1) is 0 Å². The van der Waals surface area contributed by atoms with Crippen LogP contribution in [0.1, 0.15) is 56.1 Å². The van der Waals surface area contributed by atoms with Crippen LogP contribution in [0.25, 0.3) is 0 Å². The van der Waals surface area contributed by atoms with E-state index in [1.165, 1.54) is 44.1 Å². The van der Waals surface area contributed by atoms with Crippen molar-refractivity contribution in [1.82, 2.24) is 0 Å². The lowest BCUT2D eigenvalue weighted by Crippen LogP contribution is -2.41. The predicted octanol–water partition coefficient (Wildman–Crippen LogP) is 4.07. The number of aryl methyl sites for hydroxylation is 1. The SMILES string of the molecule is COc1ccc2c(c1)CC[C@@H]1[C@@H]2CC[C@]23OC2(C)CC[C@@H]13. The summed E-state index contributed by atoms with van der Waals surface area (Å²) in [5.74, 6) is 3.45. The molecule has 2 nitrogen and oxygen atoms in total. The van der Waals surface area contributed by atoms with Crippen LogP contribution in [0.5, 0.6) is 5.75 Å². The summed E-state index contributed by atoms with van der Waals surface area (Å²) in [6.07, 6.45) is 7.84. The molecule has 1 spiro atoms. The molecular formula is C19H24O2. The lowest BCUT2D eigenvalue weighted by molar-refractivity contribution is 0.0632. The number of methoxy groups -OCH3 is 1. The second-order valence-corrected chi connectivity index (χ2v) is 7.78. The molecule has 1 aromatic carbocycles. The quantitative estimate of drug-likeness (QED) is 0.725. The molecule has 1 heterocycles. The molecule has 2 saturated carbocycles. The maximum absolute atomic E-state index is 6.29. The van der Waals surface area contributed by atoms with Crippen molar-refractivity contribution in [1.29, 1.82) is 0 Å². The Kier molecular flexibility index (Phi) is 2.29. The van der Waals surface area contributed by atoms with Crippen molar-refractivity contribution < 1.29 is 9.47 Å². The topological polar surface area (TPSA) is 21.8 Å². The minimum atomic E-state index is 0.239. The summed E-state index contributed by atoms with van der Waals surface area (Å²) in [6, 6.07) is 6.76. The van der Waals surface area contributed by atoms with Crippen molar-refractivity contribution in [3.63, 3.8) is 0 Å². The van der Waals surface area contributed by atoms with Gasteiger partial charge >= 0.3 is 0 Å². The molecule has 112 valence electrons. The molecule has 5 atom stereocenters. The summed E-state index contributed by atoms with van der Waals surface area (Å²) < 4.78 is 11.7. The first-order valence-electron chi connectivity index (χ1n) is 8.54. The number of ether oxygens (including phenoxy) is 2. The summed E-state index contributed by atoms with van der Waals surface area (Å²) in [5, 5.41) is 0. The molecule has 0 radical (unpaired) electrons. The summed E-state index contributed by atoms with van der Waals surface area (Å²) in [7, 11) is 1.77. The van der Waals surface area contributed by atoms with E-state index in [9.17, 15) is 0 Å². The first kappa shape index (κ1) is 12.5. The molecular weight excluding hydrogens is 260 g/mol. The normalized spacial score (nSPS) is 46.1. The molecule has 1 unspecified atom stereocenters. The minimum absolute atomic E-state index is 0.239.